The van der Waals surface area contributed by atoms with E-state index in [9.17, 15) is 4.79 Å². The molecule has 1 aromatic rings. The van der Waals surface area contributed by atoms with E-state index >= 15 is 0 Å². The molecule has 1 fully saturated rings. The van der Waals surface area contributed by atoms with E-state index in [0.29, 0.717) is 12.5 Å². The molecule has 0 spiro atoms. The van der Waals surface area contributed by atoms with E-state index in [1.807, 2.05) is 0 Å². The average molecular weight is 288 g/mol. The van der Waals surface area contributed by atoms with Crippen molar-refractivity contribution in [3.63, 3.8) is 0 Å². The summed E-state index contributed by atoms with van der Waals surface area (Å²) in [6, 6.07) is 6.96. The van der Waals surface area contributed by atoms with Gasteiger partial charge in [0.05, 0.1) is 7.11 Å². The second kappa shape index (κ2) is 6.06. The van der Waals surface area contributed by atoms with Gasteiger partial charge in [-0.25, -0.2) is 0 Å². The monoisotopic (exact) mass is 288 g/mol. The summed E-state index contributed by atoms with van der Waals surface area (Å²) < 4.78 is 5.36. The van der Waals surface area contributed by atoms with E-state index in [1.54, 1.807) is 14.0 Å². The quantitative estimate of drug-likeness (QED) is 0.849. The third kappa shape index (κ3) is 3.05. The molecule has 3 rings (SSSR count). The number of benzene rings is 1. The minimum absolute atomic E-state index is 0.288. The fraction of sp³-hybridized carbons (Fsp3) is 0.588. The lowest BCUT2D eigenvalue weighted by Gasteiger charge is -2.27. The van der Waals surface area contributed by atoms with Crippen LogP contribution in [-0.2, 0) is 11.2 Å². The third-order valence-electron chi connectivity index (χ3n) is 4.62. The van der Waals surface area contributed by atoms with Gasteiger partial charge < -0.3 is 14.5 Å². The maximum absolute atomic E-state index is 11.2. The van der Waals surface area contributed by atoms with Crippen LogP contribution in [0.15, 0.2) is 18.2 Å². The standard InChI is InChI=1S/C17H24N2O2/c1-13(20)6-9-18-7-3-8-19-15(12-18)10-14-4-5-16(21-2)11-17(14)19/h4-5,11,15H,3,6-10,12H2,1-2H3. The Kier molecular flexibility index (Phi) is 4.15. The molecule has 0 N–H and O–H groups in total. The summed E-state index contributed by atoms with van der Waals surface area (Å²) in [5.41, 5.74) is 2.77. The van der Waals surface area contributed by atoms with Crippen LogP contribution >= 0.6 is 0 Å². The Labute approximate surface area is 126 Å². The highest BCUT2D eigenvalue weighted by Crippen LogP contribution is 2.36. The molecular formula is C17H24N2O2. The van der Waals surface area contributed by atoms with Crippen molar-refractivity contribution >= 4 is 11.5 Å². The van der Waals surface area contributed by atoms with Gasteiger partial charge >= 0.3 is 0 Å². The maximum Gasteiger partial charge on any atom is 0.131 e. The molecule has 2 aliphatic rings. The van der Waals surface area contributed by atoms with Crippen molar-refractivity contribution in [3.05, 3.63) is 23.8 Å². The van der Waals surface area contributed by atoms with Crippen LogP contribution in [0.2, 0.25) is 0 Å². The number of carbonyl (C=O) groups excluding carboxylic acids is 1. The number of rotatable bonds is 4. The van der Waals surface area contributed by atoms with Gasteiger partial charge in [0, 0.05) is 43.9 Å². The van der Waals surface area contributed by atoms with Gasteiger partial charge in [-0.3, -0.25) is 4.79 Å². The molecule has 0 aromatic heterocycles. The first-order valence-corrected chi connectivity index (χ1v) is 7.82. The van der Waals surface area contributed by atoms with Crippen molar-refractivity contribution in [1.29, 1.82) is 0 Å². The number of fused-ring (bicyclic) bond motifs is 3. The Balaban J connectivity index is 1.73. The van der Waals surface area contributed by atoms with Crippen LogP contribution < -0.4 is 9.64 Å². The molecule has 1 aromatic carbocycles. The first-order valence-electron chi connectivity index (χ1n) is 7.82. The predicted molar refractivity (Wildman–Crippen MR) is 84.2 cm³/mol. The van der Waals surface area contributed by atoms with E-state index < -0.39 is 0 Å². The van der Waals surface area contributed by atoms with Gasteiger partial charge in [0.25, 0.3) is 0 Å². The number of nitrogens with zero attached hydrogens (tertiary/aromatic N) is 2. The molecule has 0 amide bonds. The van der Waals surface area contributed by atoms with Crippen LogP contribution in [0.4, 0.5) is 5.69 Å². The number of carbonyl (C=O) groups is 1. The lowest BCUT2D eigenvalue weighted by molar-refractivity contribution is -0.117. The third-order valence-corrected chi connectivity index (χ3v) is 4.62. The Morgan fingerprint density at radius 3 is 3.00 bits per heavy atom. The minimum atomic E-state index is 0.288. The van der Waals surface area contributed by atoms with Crippen LogP contribution in [-0.4, -0.2) is 50.0 Å². The van der Waals surface area contributed by atoms with Crippen molar-refractivity contribution in [2.24, 2.45) is 0 Å². The van der Waals surface area contributed by atoms with E-state index in [1.165, 1.54) is 11.3 Å². The van der Waals surface area contributed by atoms with Crippen LogP contribution in [0.5, 0.6) is 5.75 Å². The van der Waals surface area contributed by atoms with Gasteiger partial charge in [-0.2, -0.15) is 0 Å². The number of anilines is 1. The molecule has 21 heavy (non-hydrogen) atoms. The zero-order chi connectivity index (χ0) is 14.8. The number of methoxy groups -OCH3 is 1. The number of ether oxygens (including phenoxy) is 1. The number of hydrogen-bond acceptors (Lipinski definition) is 4. The molecule has 1 atom stereocenters. The van der Waals surface area contributed by atoms with Crippen LogP contribution in [0.25, 0.3) is 0 Å². The Morgan fingerprint density at radius 1 is 1.38 bits per heavy atom. The molecule has 1 saturated heterocycles. The first-order chi connectivity index (χ1) is 10.2. The molecule has 2 heterocycles. The second-order valence-corrected chi connectivity index (χ2v) is 6.15. The summed E-state index contributed by atoms with van der Waals surface area (Å²) in [5, 5.41) is 0. The summed E-state index contributed by atoms with van der Waals surface area (Å²) in [4.78, 5) is 16.2. The normalized spacial score (nSPS) is 21.6. The Morgan fingerprint density at radius 2 is 2.24 bits per heavy atom. The van der Waals surface area contributed by atoms with Crippen LogP contribution in [0.3, 0.4) is 0 Å². The fourth-order valence-corrected chi connectivity index (χ4v) is 3.51. The summed E-state index contributed by atoms with van der Waals surface area (Å²) >= 11 is 0. The first kappa shape index (κ1) is 14.4. The average Bonchev–Trinajstić information content (AvgIpc) is 2.68. The predicted octanol–water partition coefficient (Wildman–Crippen LogP) is 2.11. The van der Waals surface area contributed by atoms with Crippen LogP contribution in [0, 0.1) is 0 Å². The number of Topliss-reactive ketones (excluding diaryl/α,β-unsaturated/α-hetero) is 1. The molecule has 4 nitrogen and oxygen atoms in total. The molecule has 0 saturated carbocycles. The molecule has 0 radical (unpaired) electrons. The summed E-state index contributed by atoms with van der Waals surface area (Å²) in [5.74, 6) is 1.22. The highest BCUT2D eigenvalue weighted by molar-refractivity contribution is 5.75. The van der Waals surface area contributed by atoms with Gasteiger partial charge in [0.2, 0.25) is 0 Å². The molecule has 114 valence electrons. The smallest absolute Gasteiger partial charge is 0.131 e. The number of ketones is 1. The topological polar surface area (TPSA) is 32.8 Å². The zero-order valence-corrected chi connectivity index (χ0v) is 13.0. The molecule has 0 bridgehead atoms. The Bertz CT molecular complexity index is 530. The van der Waals surface area contributed by atoms with E-state index in [0.717, 1.165) is 44.8 Å². The summed E-state index contributed by atoms with van der Waals surface area (Å²) in [6.07, 6.45) is 2.94. The highest BCUT2D eigenvalue weighted by Gasteiger charge is 2.32. The van der Waals surface area contributed by atoms with Gasteiger partial charge in [0.1, 0.15) is 11.5 Å². The van der Waals surface area contributed by atoms with Crippen molar-refractivity contribution in [1.82, 2.24) is 4.90 Å². The van der Waals surface area contributed by atoms with Crippen molar-refractivity contribution in [2.75, 3.05) is 38.2 Å². The van der Waals surface area contributed by atoms with Crippen molar-refractivity contribution in [3.8, 4) is 5.75 Å². The number of hydrogen-bond donors (Lipinski definition) is 0. The van der Waals surface area contributed by atoms with Gasteiger partial charge in [-0.05, 0) is 37.9 Å². The molecular weight excluding hydrogens is 264 g/mol. The second-order valence-electron chi connectivity index (χ2n) is 6.15. The van der Waals surface area contributed by atoms with E-state index in [4.69, 9.17) is 4.74 Å². The zero-order valence-electron chi connectivity index (χ0n) is 13.0. The summed E-state index contributed by atoms with van der Waals surface area (Å²) in [7, 11) is 1.72. The molecule has 4 heteroatoms. The van der Waals surface area contributed by atoms with Crippen LogP contribution in [0.1, 0.15) is 25.3 Å². The summed E-state index contributed by atoms with van der Waals surface area (Å²) in [6.45, 7) is 5.84. The van der Waals surface area contributed by atoms with E-state index in [2.05, 4.69) is 28.0 Å². The van der Waals surface area contributed by atoms with E-state index in [-0.39, 0.29) is 5.78 Å². The SMILES string of the molecule is COc1ccc2c(c1)N1CCCN(CCC(C)=O)CC1C2. The van der Waals surface area contributed by atoms with Gasteiger partial charge in [-0.1, -0.05) is 6.07 Å². The maximum atomic E-state index is 11.2. The fourth-order valence-electron chi connectivity index (χ4n) is 3.51. The van der Waals surface area contributed by atoms with Crippen molar-refractivity contribution < 1.29 is 9.53 Å². The molecule has 0 aliphatic carbocycles. The lowest BCUT2D eigenvalue weighted by Crippen LogP contribution is -2.39. The lowest BCUT2D eigenvalue weighted by atomic mass is 10.1. The molecule has 1 unspecified atom stereocenters. The Hall–Kier alpha value is -1.55. The molecule has 2 aliphatic heterocycles. The van der Waals surface area contributed by atoms with Gasteiger partial charge in [0.15, 0.2) is 0 Å². The minimum Gasteiger partial charge on any atom is -0.497 e. The van der Waals surface area contributed by atoms with Gasteiger partial charge in [-0.15, -0.1) is 0 Å². The largest absolute Gasteiger partial charge is 0.497 e. The highest BCUT2D eigenvalue weighted by atomic mass is 16.5. The van der Waals surface area contributed by atoms with Crippen molar-refractivity contribution in [2.45, 2.75) is 32.2 Å².